The number of hydrogen-bond donors (Lipinski definition) is 2. The Morgan fingerprint density at radius 2 is 1.91 bits per heavy atom. The van der Waals surface area contributed by atoms with Gasteiger partial charge >= 0.3 is 12.0 Å². The van der Waals surface area contributed by atoms with Crippen LogP contribution in [0.1, 0.15) is 40.0 Å². The fourth-order valence-corrected chi connectivity index (χ4v) is 2.84. The minimum atomic E-state index is -0.887. The molecular formula is C16H31N3O3. The smallest absolute Gasteiger partial charge is 0.317 e. The number of rotatable bonds is 7. The van der Waals surface area contributed by atoms with Gasteiger partial charge < -0.3 is 15.3 Å². The quantitative estimate of drug-likeness (QED) is 0.752. The lowest BCUT2D eigenvalue weighted by Crippen LogP contribution is -2.51. The van der Waals surface area contributed by atoms with Gasteiger partial charge in [0.25, 0.3) is 0 Å². The number of nitrogens with zero attached hydrogens (tertiary/aromatic N) is 2. The Morgan fingerprint density at radius 1 is 1.32 bits per heavy atom. The summed E-state index contributed by atoms with van der Waals surface area (Å²) in [6.45, 7) is 9.69. The molecule has 1 aliphatic rings. The third-order valence-electron chi connectivity index (χ3n) is 4.53. The second-order valence-electron chi connectivity index (χ2n) is 6.78. The molecular weight excluding hydrogens is 282 g/mol. The van der Waals surface area contributed by atoms with Crippen molar-refractivity contribution in [1.82, 2.24) is 15.1 Å². The van der Waals surface area contributed by atoms with Gasteiger partial charge in [-0.15, -0.1) is 0 Å². The molecule has 6 heteroatoms. The van der Waals surface area contributed by atoms with Crippen LogP contribution in [0.2, 0.25) is 0 Å². The third-order valence-corrected chi connectivity index (χ3v) is 4.53. The van der Waals surface area contributed by atoms with Gasteiger partial charge in [0.15, 0.2) is 0 Å². The van der Waals surface area contributed by atoms with Gasteiger partial charge in [0.05, 0.1) is 6.42 Å². The largest absolute Gasteiger partial charge is 0.481 e. The fraction of sp³-hybridized carbons (Fsp3) is 0.875. The molecule has 22 heavy (non-hydrogen) atoms. The van der Waals surface area contributed by atoms with Gasteiger partial charge in [0.1, 0.15) is 0 Å². The van der Waals surface area contributed by atoms with E-state index in [1.165, 1.54) is 17.7 Å². The SMILES string of the molecule is CC1CCN(C(CNC(=O)N(C)CCC(=O)O)C(C)C)CC1. The molecule has 0 aromatic carbocycles. The molecule has 0 aliphatic carbocycles. The minimum Gasteiger partial charge on any atom is -0.481 e. The maximum Gasteiger partial charge on any atom is 0.317 e. The van der Waals surface area contributed by atoms with Gasteiger partial charge in [0.2, 0.25) is 0 Å². The van der Waals surface area contributed by atoms with Crippen molar-refractivity contribution in [3.05, 3.63) is 0 Å². The van der Waals surface area contributed by atoms with Crippen LogP contribution in [0, 0.1) is 11.8 Å². The number of amides is 2. The van der Waals surface area contributed by atoms with Crippen LogP contribution < -0.4 is 5.32 Å². The van der Waals surface area contributed by atoms with Crippen LogP contribution in [0.25, 0.3) is 0 Å². The molecule has 0 aromatic heterocycles. The first-order chi connectivity index (χ1) is 10.3. The second-order valence-corrected chi connectivity index (χ2v) is 6.78. The van der Waals surface area contributed by atoms with Crippen LogP contribution in [0.4, 0.5) is 4.79 Å². The summed E-state index contributed by atoms with van der Waals surface area (Å²) in [7, 11) is 1.63. The van der Waals surface area contributed by atoms with Crippen LogP contribution in [0.3, 0.4) is 0 Å². The van der Waals surface area contributed by atoms with Crippen molar-refractivity contribution in [2.45, 2.75) is 46.1 Å². The van der Waals surface area contributed by atoms with E-state index in [4.69, 9.17) is 5.11 Å². The van der Waals surface area contributed by atoms with Gasteiger partial charge in [-0.2, -0.15) is 0 Å². The van der Waals surface area contributed by atoms with Crippen molar-refractivity contribution in [3.63, 3.8) is 0 Å². The highest BCUT2D eigenvalue weighted by atomic mass is 16.4. The summed E-state index contributed by atoms with van der Waals surface area (Å²) >= 11 is 0. The summed E-state index contributed by atoms with van der Waals surface area (Å²) in [5, 5.41) is 11.6. The maximum absolute atomic E-state index is 12.0. The zero-order valence-corrected chi connectivity index (χ0v) is 14.3. The van der Waals surface area contributed by atoms with Crippen LogP contribution >= 0.6 is 0 Å². The van der Waals surface area contributed by atoms with Crippen molar-refractivity contribution in [2.24, 2.45) is 11.8 Å². The molecule has 0 bridgehead atoms. The topological polar surface area (TPSA) is 72.9 Å². The Morgan fingerprint density at radius 3 is 2.41 bits per heavy atom. The monoisotopic (exact) mass is 313 g/mol. The normalized spacial score (nSPS) is 18.2. The van der Waals surface area contributed by atoms with Crippen LogP contribution in [0.5, 0.6) is 0 Å². The van der Waals surface area contributed by atoms with Crippen LogP contribution in [-0.2, 0) is 4.79 Å². The number of hydrogen-bond acceptors (Lipinski definition) is 3. The number of carbonyl (C=O) groups excluding carboxylic acids is 1. The van der Waals surface area contributed by atoms with Crippen molar-refractivity contribution >= 4 is 12.0 Å². The molecule has 1 heterocycles. The van der Waals surface area contributed by atoms with E-state index in [2.05, 4.69) is 31.0 Å². The summed E-state index contributed by atoms with van der Waals surface area (Å²) in [5.74, 6) is 0.376. The van der Waals surface area contributed by atoms with E-state index in [1.54, 1.807) is 7.05 Å². The van der Waals surface area contributed by atoms with Gasteiger partial charge in [-0.3, -0.25) is 9.69 Å². The molecule has 1 aliphatic heterocycles. The number of urea groups is 1. The van der Waals surface area contributed by atoms with E-state index in [0.29, 0.717) is 18.5 Å². The Bertz CT molecular complexity index is 366. The molecule has 0 radical (unpaired) electrons. The Balaban J connectivity index is 2.43. The molecule has 0 saturated carbocycles. The second kappa shape index (κ2) is 8.98. The zero-order chi connectivity index (χ0) is 16.7. The fourth-order valence-electron chi connectivity index (χ4n) is 2.84. The number of carbonyl (C=O) groups is 2. The molecule has 1 unspecified atom stereocenters. The van der Waals surface area contributed by atoms with Crippen molar-refractivity contribution in [1.29, 1.82) is 0 Å². The average molecular weight is 313 g/mol. The lowest BCUT2D eigenvalue weighted by atomic mass is 9.94. The first kappa shape index (κ1) is 18.7. The molecule has 6 nitrogen and oxygen atoms in total. The predicted molar refractivity (Wildman–Crippen MR) is 86.9 cm³/mol. The number of carboxylic acid groups (broad SMARTS) is 1. The molecule has 1 fully saturated rings. The lowest BCUT2D eigenvalue weighted by Gasteiger charge is -2.39. The minimum absolute atomic E-state index is 0.0262. The van der Waals surface area contributed by atoms with E-state index in [0.717, 1.165) is 19.0 Å². The molecule has 1 atom stereocenters. The predicted octanol–water partition coefficient (Wildman–Crippen LogP) is 1.86. The summed E-state index contributed by atoms with van der Waals surface area (Å²) in [6, 6.07) is 0.140. The third kappa shape index (κ3) is 6.22. The first-order valence-electron chi connectivity index (χ1n) is 8.26. The highest BCUT2D eigenvalue weighted by Gasteiger charge is 2.26. The van der Waals surface area contributed by atoms with Crippen LogP contribution in [-0.4, -0.2) is 66.2 Å². The number of nitrogens with one attached hydrogen (secondary N) is 1. The molecule has 1 rings (SSSR count). The highest BCUT2D eigenvalue weighted by Crippen LogP contribution is 2.21. The summed E-state index contributed by atoms with van der Waals surface area (Å²) in [6.07, 6.45) is 2.41. The van der Waals surface area contributed by atoms with E-state index in [1.807, 2.05) is 0 Å². The van der Waals surface area contributed by atoms with Crippen molar-refractivity contribution in [2.75, 3.05) is 33.2 Å². The summed E-state index contributed by atoms with van der Waals surface area (Å²) in [4.78, 5) is 26.5. The average Bonchev–Trinajstić information content (AvgIpc) is 2.46. The van der Waals surface area contributed by atoms with Gasteiger partial charge in [0, 0.05) is 26.2 Å². The number of likely N-dealkylation sites (tertiary alicyclic amines) is 1. The first-order valence-corrected chi connectivity index (χ1v) is 8.26. The summed E-state index contributed by atoms with van der Waals surface area (Å²) in [5.41, 5.74) is 0. The standard InChI is InChI=1S/C16H31N3O3/c1-12(2)14(19-9-5-13(3)6-10-19)11-17-16(22)18(4)8-7-15(20)21/h12-14H,5-11H2,1-4H3,(H,17,22)(H,20,21). The van der Waals surface area contributed by atoms with Crippen LogP contribution in [0.15, 0.2) is 0 Å². The zero-order valence-electron chi connectivity index (χ0n) is 14.3. The van der Waals surface area contributed by atoms with Crippen molar-refractivity contribution < 1.29 is 14.7 Å². The van der Waals surface area contributed by atoms with E-state index < -0.39 is 5.97 Å². The Labute approximate surface area is 133 Å². The molecule has 2 amide bonds. The summed E-state index contributed by atoms with van der Waals surface area (Å²) < 4.78 is 0. The van der Waals surface area contributed by atoms with Gasteiger partial charge in [-0.05, 0) is 37.8 Å². The molecule has 128 valence electrons. The van der Waals surface area contributed by atoms with Crippen molar-refractivity contribution in [3.8, 4) is 0 Å². The van der Waals surface area contributed by atoms with Gasteiger partial charge in [-0.25, -0.2) is 4.79 Å². The van der Waals surface area contributed by atoms with E-state index in [-0.39, 0.29) is 19.0 Å². The number of aliphatic carboxylic acids is 1. The Hall–Kier alpha value is -1.30. The highest BCUT2D eigenvalue weighted by molar-refractivity contribution is 5.75. The van der Waals surface area contributed by atoms with E-state index >= 15 is 0 Å². The molecule has 0 aromatic rings. The lowest BCUT2D eigenvalue weighted by molar-refractivity contribution is -0.137. The van der Waals surface area contributed by atoms with Gasteiger partial charge in [-0.1, -0.05) is 20.8 Å². The molecule has 2 N–H and O–H groups in total. The Kier molecular flexibility index (Phi) is 7.65. The van der Waals surface area contributed by atoms with E-state index in [9.17, 15) is 9.59 Å². The molecule has 0 spiro atoms. The number of carboxylic acids is 1. The maximum atomic E-state index is 12.0. The number of piperidine rings is 1. The molecule has 1 saturated heterocycles.